The molecule has 0 radical (unpaired) electrons. The number of rotatable bonds is 5. The molecule has 1 aromatic carbocycles. The minimum Gasteiger partial charge on any atom is -0.389 e. The second kappa shape index (κ2) is 6.51. The maximum atomic E-state index is 13.9. The number of aliphatic hydroxyl groups excluding tert-OH is 1. The molecule has 6 heteroatoms. The number of carbonyl (C=O) groups is 1. The number of hydrogen-bond acceptors (Lipinski definition) is 4. The maximum absolute atomic E-state index is 13.9. The van der Waals surface area contributed by atoms with E-state index in [1.54, 1.807) is 26.1 Å². The molecule has 1 aromatic heterocycles. The minimum absolute atomic E-state index is 0.164. The number of methoxy groups -OCH3 is 1. The van der Waals surface area contributed by atoms with Crippen LogP contribution in [-0.2, 0) is 4.74 Å². The van der Waals surface area contributed by atoms with E-state index in [0.29, 0.717) is 15.8 Å². The summed E-state index contributed by atoms with van der Waals surface area (Å²) in [6, 6.07) is 4.82. The first kappa shape index (κ1) is 15.9. The van der Waals surface area contributed by atoms with Gasteiger partial charge in [0.05, 0.1) is 17.6 Å². The standard InChI is InChI=1S/C15H18FNO3S/c1-9-13-11(16)5-4-6-12(13)21-14(9)15(19)17(2)7-10(18)8-20-3/h4-6,10,18H,7-8H2,1-3H3/t10-/m1/s1. The molecule has 1 atom stereocenters. The molecule has 114 valence electrons. The largest absolute Gasteiger partial charge is 0.389 e. The Morgan fingerprint density at radius 1 is 1.52 bits per heavy atom. The van der Waals surface area contributed by atoms with Crippen LogP contribution in [0.15, 0.2) is 18.2 Å². The van der Waals surface area contributed by atoms with Gasteiger partial charge in [-0.3, -0.25) is 4.79 Å². The van der Waals surface area contributed by atoms with Crippen LogP contribution < -0.4 is 0 Å². The minimum atomic E-state index is -0.740. The molecule has 0 bridgehead atoms. The van der Waals surface area contributed by atoms with Gasteiger partial charge in [-0.15, -0.1) is 11.3 Å². The molecule has 1 heterocycles. The molecular formula is C15H18FNO3S. The van der Waals surface area contributed by atoms with Gasteiger partial charge in [0.2, 0.25) is 0 Å². The van der Waals surface area contributed by atoms with Crippen molar-refractivity contribution in [3.8, 4) is 0 Å². The highest BCUT2D eigenvalue weighted by Gasteiger charge is 2.22. The van der Waals surface area contributed by atoms with Crippen LogP contribution in [0.3, 0.4) is 0 Å². The summed E-state index contributed by atoms with van der Waals surface area (Å²) in [5, 5.41) is 10.2. The Morgan fingerprint density at radius 3 is 2.86 bits per heavy atom. The number of halogens is 1. The van der Waals surface area contributed by atoms with Crippen molar-refractivity contribution in [1.82, 2.24) is 4.90 Å². The molecule has 2 rings (SSSR count). The summed E-state index contributed by atoms with van der Waals surface area (Å²) in [6.07, 6.45) is -0.740. The molecule has 0 unspecified atom stereocenters. The molecule has 0 saturated carbocycles. The van der Waals surface area contributed by atoms with Gasteiger partial charge in [0.1, 0.15) is 5.82 Å². The lowest BCUT2D eigenvalue weighted by Crippen LogP contribution is -2.36. The summed E-state index contributed by atoms with van der Waals surface area (Å²) < 4.78 is 19.5. The zero-order valence-corrected chi connectivity index (χ0v) is 13.0. The van der Waals surface area contributed by atoms with E-state index < -0.39 is 6.10 Å². The van der Waals surface area contributed by atoms with Crippen LogP contribution in [0.25, 0.3) is 10.1 Å². The summed E-state index contributed by atoms with van der Waals surface area (Å²) in [7, 11) is 3.10. The monoisotopic (exact) mass is 311 g/mol. The van der Waals surface area contributed by atoms with Crippen LogP contribution in [-0.4, -0.2) is 49.3 Å². The van der Waals surface area contributed by atoms with Crippen LogP contribution in [0.1, 0.15) is 15.2 Å². The fourth-order valence-electron chi connectivity index (χ4n) is 2.27. The molecule has 2 aromatic rings. The van der Waals surface area contributed by atoms with E-state index >= 15 is 0 Å². The highest BCUT2D eigenvalue weighted by atomic mass is 32.1. The number of nitrogens with zero attached hydrogens (tertiary/aromatic N) is 1. The number of benzene rings is 1. The van der Waals surface area contributed by atoms with Crippen LogP contribution in [0.4, 0.5) is 4.39 Å². The molecule has 4 nitrogen and oxygen atoms in total. The normalized spacial score (nSPS) is 12.6. The van der Waals surface area contributed by atoms with E-state index in [0.717, 1.165) is 4.70 Å². The van der Waals surface area contributed by atoms with Gasteiger partial charge in [-0.1, -0.05) is 6.07 Å². The lowest BCUT2D eigenvalue weighted by atomic mass is 10.1. The summed E-state index contributed by atoms with van der Waals surface area (Å²) in [6.45, 7) is 2.08. The molecular weight excluding hydrogens is 293 g/mol. The number of likely N-dealkylation sites (N-methyl/N-ethyl adjacent to an activating group) is 1. The number of aryl methyl sites for hydroxylation is 1. The number of amides is 1. The SMILES string of the molecule is COC[C@H](O)CN(C)C(=O)c1sc2cccc(F)c2c1C. The maximum Gasteiger partial charge on any atom is 0.264 e. The molecule has 0 spiro atoms. The van der Waals surface area contributed by atoms with Crippen molar-refractivity contribution in [1.29, 1.82) is 0 Å². The van der Waals surface area contributed by atoms with Crippen LogP contribution >= 0.6 is 11.3 Å². The lowest BCUT2D eigenvalue weighted by Gasteiger charge is -2.20. The summed E-state index contributed by atoms with van der Waals surface area (Å²) in [4.78, 5) is 14.4. The van der Waals surface area contributed by atoms with E-state index in [1.165, 1.54) is 29.4 Å². The highest BCUT2D eigenvalue weighted by molar-refractivity contribution is 7.21. The van der Waals surface area contributed by atoms with Gasteiger partial charge in [-0.25, -0.2) is 4.39 Å². The summed E-state index contributed by atoms with van der Waals surface area (Å²) in [5.41, 5.74) is 0.645. The number of fused-ring (bicyclic) bond motifs is 1. The van der Waals surface area contributed by atoms with E-state index in [2.05, 4.69) is 0 Å². The molecule has 1 N–H and O–H groups in total. The fourth-order valence-corrected chi connectivity index (χ4v) is 3.49. The molecule has 21 heavy (non-hydrogen) atoms. The van der Waals surface area contributed by atoms with E-state index in [4.69, 9.17) is 4.74 Å². The number of hydrogen-bond donors (Lipinski definition) is 1. The third kappa shape index (κ3) is 3.23. The molecule has 0 aliphatic rings. The Balaban J connectivity index is 2.27. The fraction of sp³-hybridized carbons (Fsp3) is 0.400. The number of thiophene rings is 1. The first-order valence-corrected chi connectivity index (χ1v) is 7.37. The van der Waals surface area contributed by atoms with Gasteiger partial charge in [0.15, 0.2) is 0 Å². The number of ether oxygens (including phenoxy) is 1. The average Bonchev–Trinajstić information content (AvgIpc) is 2.76. The topological polar surface area (TPSA) is 49.8 Å². The van der Waals surface area contributed by atoms with E-state index in [1.807, 2.05) is 0 Å². The van der Waals surface area contributed by atoms with Crippen LogP contribution in [0.2, 0.25) is 0 Å². The van der Waals surface area contributed by atoms with Crippen molar-refractivity contribution >= 4 is 27.3 Å². The van der Waals surface area contributed by atoms with Crippen molar-refractivity contribution in [2.24, 2.45) is 0 Å². The first-order valence-electron chi connectivity index (χ1n) is 6.55. The third-order valence-electron chi connectivity index (χ3n) is 3.29. The highest BCUT2D eigenvalue weighted by Crippen LogP contribution is 2.33. The Kier molecular flexibility index (Phi) is 4.92. The van der Waals surface area contributed by atoms with Crippen molar-refractivity contribution in [2.45, 2.75) is 13.0 Å². The van der Waals surface area contributed by atoms with Gasteiger partial charge in [-0.2, -0.15) is 0 Å². The molecule has 0 saturated heterocycles. The predicted molar refractivity (Wildman–Crippen MR) is 81.4 cm³/mol. The Hall–Kier alpha value is -1.50. The van der Waals surface area contributed by atoms with E-state index in [-0.39, 0.29) is 24.9 Å². The summed E-state index contributed by atoms with van der Waals surface area (Å²) >= 11 is 1.27. The predicted octanol–water partition coefficient (Wildman–Crippen LogP) is 2.43. The third-order valence-corrected chi connectivity index (χ3v) is 4.53. The lowest BCUT2D eigenvalue weighted by molar-refractivity contribution is 0.0382. The Labute approximate surface area is 126 Å². The Morgan fingerprint density at radius 2 is 2.24 bits per heavy atom. The average molecular weight is 311 g/mol. The van der Waals surface area contributed by atoms with E-state index in [9.17, 15) is 14.3 Å². The van der Waals surface area contributed by atoms with Crippen molar-refractivity contribution in [3.05, 3.63) is 34.5 Å². The van der Waals surface area contributed by atoms with Crippen molar-refractivity contribution in [3.63, 3.8) is 0 Å². The smallest absolute Gasteiger partial charge is 0.264 e. The van der Waals surface area contributed by atoms with Crippen molar-refractivity contribution in [2.75, 3.05) is 27.3 Å². The molecule has 1 amide bonds. The van der Waals surface area contributed by atoms with Gasteiger partial charge in [0, 0.05) is 30.8 Å². The quantitative estimate of drug-likeness (QED) is 0.922. The zero-order chi connectivity index (χ0) is 15.6. The number of carbonyl (C=O) groups excluding carboxylic acids is 1. The molecule has 0 aliphatic heterocycles. The van der Waals surface area contributed by atoms with Crippen LogP contribution in [0.5, 0.6) is 0 Å². The second-order valence-electron chi connectivity index (χ2n) is 4.96. The number of aliphatic hydroxyl groups is 1. The molecule has 0 fully saturated rings. The van der Waals surface area contributed by atoms with Gasteiger partial charge in [0.25, 0.3) is 5.91 Å². The first-order chi connectivity index (χ1) is 9.95. The second-order valence-corrected chi connectivity index (χ2v) is 6.02. The van der Waals surface area contributed by atoms with Gasteiger partial charge in [-0.05, 0) is 24.6 Å². The summed E-state index contributed by atoms with van der Waals surface area (Å²) in [5.74, 6) is -0.536. The van der Waals surface area contributed by atoms with Crippen LogP contribution in [0, 0.1) is 12.7 Å². The molecule has 0 aliphatic carbocycles. The van der Waals surface area contributed by atoms with Gasteiger partial charge >= 0.3 is 0 Å². The van der Waals surface area contributed by atoms with Gasteiger partial charge < -0.3 is 14.7 Å². The zero-order valence-electron chi connectivity index (χ0n) is 12.2. The Bertz CT molecular complexity index is 656. The van der Waals surface area contributed by atoms with Crippen molar-refractivity contribution < 1.29 is 19.0 Å².